The van der Waals surface area contributed by atoms with E-state index >= 15 is 0 Å². The second-order valence-electron chi connectivity index (χ2n) is 10.4. The predicted octanol–water partition coefficient (Wildman–Crippen LogP) is 6.29. The van der Waals surface area contributed by atoms with Crippen LogP contribution in [0.25, 0.3) is 0 Å². The van der Waals surface area contributed by atoms with Crippen LogP contribution in [0.1, 0.15) is 64.2 Å². The molecule has 0 fully saturated rings. The van der Waals surface area contributed by atoms with Crippen molar-refractivity contribution < 1.29 is 14.6 Å². The Bertz CT molecular complexity index is 1070. The van der Waals surface area contributed by atoms with Crippen LogP contribution in [0.2, 0.25) is 0 Å². The number of aliphatic hydroxyl groups excluding tert-OH is 1. The van der Waals surface area contributed by atoms with E-state index in [1.807, 2.05) is 57.2 Å². The van der Waals surface area contributed by atoms with E-state index in [0.717, 1.165) is 39.4 Å². The standard InChI is InChI=1S/C27H36N2O3S/c1-16(2)27(12-11-18-7-9-19(28)10-8-18)15-22(30)24(25(31)32-27)33-23-13-17(3)21(29)14-20(23)26(4,5)6/h7-10,13-14,16,30H,11-12,15,28-29H2,1-6H3/t27-/m1/s1. The Morgan fingerprint density at radius 1 is 1.15 bits per heavy atom. The molecule has 0 unspecified atom stereocenters. The van der Waals surface area contributed by atoms with Crippen molar-refractivity contribution in [1.29, 1.82) is 0 Å². The maximum absolute atomic E-state index is 13.2. The van der Waals surface area contributed by atoms with Gasteiger partial charge in [0.1, 0.15) is 16.3 Å². The summed E-state index contributed by atoms with van der Waals surface area (Å²) in [4.78, 5) is 14.4. The maximum atomic E-state index is 13.2. The van der Waals surface area contributed by atoms with Crippen molar-refractivity contribution in [2.24, 2.45) is 5.92 Å². The smallest absolute Gasteiger partial charge is 0.349 e. The number of hydrogen-bond donors (Lipinski definition) is 3. The average Bonchev–Trinajstić information content (AvgIpc) is 2.71. The van der Waals surface area contributed by atoms with Crippen molar-refractivity contribution in [2.75, 3.05) is 11.5 Å². The van der Waals surface area contributed by atoms with E-state index in [0.29, 0.717) is 12.8 Å². The summed E-state index contributed by atoms with van der Waals surface area (Å²) >= 11 is 1.27. The highest BCUT2D eigenvalue weighted by molar-refractivity contribution is 8.04. The number of aryl methyl sites for hydroxylation is 2. The first-order valence-corrected chi connectivity index (χ1v) is 12.2. The molecule has 0 saturated heterocycles. The average molecular weight is 469 g/mol. The topological polar surface area (TPSA) is 98.6 Å². The number of anilines is 2. The lowest BCUT2D eigenvalue weighted by molar-refractivity contribution is -0.164. The molecule has 0 bridgehead atoms. The number of hydrogen-bond acceptors (Lipinski definition) is 6. The van der Waals surface area contributed by atoms with Crippen molar-refractivity contribution in [2.45, 2.75) is 76.7 Å². The molecule has 1 aliphatic rings. The third-order valence-corrected chi connectivity index (χ3v) is 7.63. The van der Waals surface area contributed by atoms with Gasteiger partial charge in [-0.3, -0.25) is 0 Å². The number of thioether (sulfide) groups is 1. The maximum Gasteiger partial charge on any atom is 0.349 e. The Morgan fingerprint density at radius 2 is 1.79 bits per heavy atom. The number of nitrogens with two attached hydrogens (primary N) is 2. The van der Waals surface area contributed by atoms with E-state index < -0.39 is 11.6 Å². The van der Waals surface area contributed by atoms with Crippen molar-refractivity contribution >= 4 is 29.1 Å². The Kier molecular flexibility index (Phi) is 7.08. The lowest BCUT2D eigenvalue weighted by atomic mass is 9.80. The van der Waals surface area contributed by atoms with Gasteiger partial charge in [0.05, 0.1) is 0 Å². The molecule has 178 valence electrons. The third kappa shape index (κ3) is 5.49. The summed E-state index contributed by atoms with van der Waals surface area (Å²) in [5, 5.41) is 11.1. The first-order chi connectivity index (χ1) is 15.3. The summed E-state index contributed by atoms with van der Waals surface area (Å²) < 4.78 is 6.09. The lowest BCUT2D eigenvalue weighted by Crippen LogP contribution is -2.44. The Hall–Kier alpha value is -2.60. The second-order valence-corrected chi connectivity index (χ2v) is 11.4. The number of rotatable bonds is 6. The van der Waals surface area contributed by atoms with Crippen LogP contribution in [0.15, 0.2) is 52.0 Å². The predicted molar refractivity (Wildman–Crippen MR) is 137 cm³/mol. The van der Waals surface area contributed by atoms with Gasteiger partial charge in [-0.2, -0.15) is 0 Å². The molecule has 0 aliphatic carbocycles. The molecule has 0 amide bonds. The number of benzene rings is 2. The SMILES string of the molecule is Cc1cc(SC2=C(O)C[C@](CCc3ccc(N)cc3)(C(C)C)OC2=O)c(C(C)(C)C)cc1N. The molecule has 0 radical (unpaired) electrons. The molecule has 1 heterocycles. The van der Waals surface area contributed by atoms with Crippen LogP contribution < -0.4 is 11.5 Å². The molecular formula is C27H36N2O3S. The van der Waals surface area contributed by atoms with Gasteiger partial charge in [-0.15, -0.1) is 0 Å². The normalized spacial score (nSPS) is 19.2. The molecule has 2 aromatic rings. The highest BCUT2D eigenvalue weighted by Gasteiger charge is 2.44. The number of carbonyl (C=O) groups excluding carboxylic acids is 1. The van der Waals surface area contributed by atoms with Crippen LogP contribution >= 0.6 is 11.8 Å². The minimum absolute atomic E-state index is 0.0489. The van der Waals surface area contributed by atoms with Gasteiger partial charge >= 0.3 is 5.97 Å². The monoisotopic (exact) mass is 468 g/mol. The molecule has 0 spiro atoms. The van der Waals surface area contributed by atoms with Gasteiger partial charge in [0, 0.05) is 22.7 Å². The summed E-state index contributed by atoms with van der Waals surface area (Å²) in [5.41, 5.74) is 15.6. The number of nitrogen functional groups attached to an aromatic ring is 2. The lowest BCUT2D eigenvalue weighted by Gasteiger charge is -2.40. The van der Waals surface area contributed by atoms with Crippen LogP contribution in [-0.2, 0) is 21.4 Å². The Balaban J connectivity index is 1.90. The highest BCUT2D eigenvalue weighted by atomic mass is 32.2. The highest BCUT2D eigenvalue weighted by Crippen LogP contribution is 2.45. The van der Waals surface area contributed by atoms with Crippen LogP contribution in [0.4, 0.5) is 11.4 Å². The fourth-order valence-corrected chi connectivity index (χ4v) is 5.36. The Morgan fingerprint density at radius 3 is 2.33 bits per heavy atom. The van der Waals surface area contributed by atoms with Crippen molar-refractivity contribution in [3.8, 4) is 0 Å². The van der Waals surface area contributed by atoms with Crippen LogP contribution in [0.3, 0.4) is 0 Å². The minimum Gasteiger partial charge on any atom is -0.511 e. The summed E-state index contributed by atoms with van der Waals surface area (Å²) in [7, 11) is 0. The molecule has 5 nitrogen and oxygen atoms in total. The molecule has 1 aliphatic heterocycles. The zero-order valence-electron chi connectivity index (χ0n) is 20.5. The zero-order chi connectivity index (χ0) is 24.6. The van der Waals surface area contributed by atoms with Gasteiger partial charge in [-0.05, 0) is 72.1 Å². The number of aliphatic hydroxyl groups is 1. The molecule has 6 heteroatoms. The molecule has 3 rings (SSSR count). The second kappa shape index (κ2) is 9.34. The quantitative estimate of drug-likeness (QED) is 0.340. The minimum atomic E-state index is -0.753. The molecule has 2 aromatic carbocycles. The number of cyclic esters (lactones) is 1. The van der Waals surface area contributed by atoms with Gasteiger partial charge < -0.3 is 21.3 Å². The van der Waals surface area contributed by atoms with Crippen molar-refractivity contribution in [3.63, 3.8) is 0 Å². The van der Waals surface area contributed by atoms with Crippen LogP contribution in [0.5, 0.6) is 0 Å². The molecule has 1 atom stereocenters. The van der Waals surface area contributed by atoms with E-state index in [1.54, 1.807) is 0 Å². The first kappa shape index (κ1) is 25.0. The summed E-state index contributed by atoms with van der Waals surface area (Å²) in [5.74, 6) is -0.325. The van der Waals surface area contributed by atoms with Gasteiger partial charge in [-0.1, -0.05) is 58.5 Å². The van der Waals surface area contributed by atoms with E-state index in [1.165, 1.54) is 11.8 Å². The number of carbonyl (C=O) groups is 1. The van der Waals surface area contributed by atoms with Crippen LogP contribution in [0, 0.1) is 12.8 Å². The summed E-state index contributed by atoms with van der Waals surface area (Å²) in [6.07, 6.45) is 1.65. The number of ether oxygens (including phenoxy) is 1. The summed E-state index contributed by atoms with van der Waals surface area (Å²) in [6, 6.07) is 11.7. The Labute approximate surface area is 201 Å². The van der Waals surface area contributed by atoms with E-state index in [-0.39, 0.29) is 22.0 Å². The van der Waals surface area contributed by atoms with E-state index in [9.17, 15) is 9.90 Å². The first-order valence-electron chi connectivity index (χ1n) is 11.4. The van der Waals surface area contributed by atoms with E-state index in [2.05, 4.69) is 20.8 Å². The molecule has 0 aromatic heterocycles. The fourth-order valence-electron chi connectivity index (χ4n) is 4.12. The molecule has 0 saturated carbocycles. The largest absolute Gasteiger partial charge is 0.511 e. The number of esters is 1. The molecular weight excluding hydrogens is 432 g/mol. The third-order valence-electron chi connectivity index (χ3n) is 6.47. The van der Waals surface area contributed by atoms with Gasteiger partial charge in [0.25, 0.3) is 0 Å². The van der Waals surface area contributed by atoms with Gasteiger partial charge in [0.2, 0.25) is 0 Å². The summed E-state index contributed by atoms with van der Waals surface area (Å²) in [6.45, 7) is 12.3. The molecule has 5 N–H and O–H groups in total. The zero-order valence-corrected chi connectivity index (χ0v) is 21.3. The van der Waals surface area contributed by atoms with Gasteiger partial charge in [-0.25, -0.2) is 4.79 Å². The molecule has 33 heavy (non-hydrogen) atoms. The van der Waals surface area contributed by atoms with Crippen molar-refractivity contribution in [1.82, 2.24) is 0 Å². The van der Waals surface area contributed by atoms with Gasteiger partial charge in [0.15, 0.2) is 0 Å². The fraction of sp³-hybridized carbons (Fsp3) is 0.444. The van der Waals surface area contributed by atoms with Crippen molar-refractivity contribution in [3.05, 3.63) is 63.8 Å². The van der Waals surface area contributed by atoms with Crippen LogP contribution in [-0.4, -0.2) is 16.7 Å². The van der Waals surface area contributed by atoms with E-state index in [4.69, 9.17) is 16.2 Å².